The van der Waals surface area contributed by atoms with Gasteiger partial charge in [0.2, 0.25) is 0 Å². The van der Waals surface area contributed by atoms with Gasteiger partial charge in [-0.15, -0.1) is 11.3 Å². The van der Waals surface area contributed by atoms with Crippen molar-refractivity contribution in [3.8, 4) is 0 Å². The van der Waals surface area contributed by atoms with Crippen LogP contribution in [0.1, 0.15) is 35.8 Å². The molecule has 1 nitrogen and oxygen atoms in total. The van der Waals surface area contributed by atoms with E-state index in [1.54, 1.807) is 0 Å². The Bertz CT molecular complexity index is 550. The number of rotatable bonds is 8. The monoisotopic (exact) mass is 365 g/mol. The van der Waals surface area contributed by atoms with Crippen LogP contribution in [0.2, 0.25) is 0 Å². The Balaban J connectivity index is 1.94. The normalized spacial score (nSPS) is 12.5. The number of thiophene rings is 1. The van der Waals surface area contributed by atoms with Crippen LogP contribution < -0.4 is 5.32 Å². The van der Waals surface area contributed by atoms with Crippen molar-refractivity contribution in [2.45, 2.75) is 45.6 Å². The fraction of sp³-hybridized carbons (Fsp3) is 0.444. The molecule has 0 amide bonds. The van der Waals surface area contributed by atoms with E-state index in [4.69, 9.17) is 0 Å². The summed E-state index contributed by atoms with van der Waals surface area (Å²) in [5.74, 6) is 0. The third-order valence-corrected chi connectivity index (χ3v) is 5.43. The predicted octanol–water partition coefficient (Wildman–Crippen LogP) is 5.36. The van der Waals surface area contributed by atoms with Crippen LogP contribution in [0.5, 0.6) is 0 Å². The van der Waals surface area contributed by atoms with Gasteiger partial charge in [-0.05, 0) is 78.3 Å². The van der Waals surface area contributed by atoms with E-state index in [2.05, 4.69) is 71.5 Å². The summed E-state index contributed by atoms with van der Waals surface area (Å²) in [5.41, 5.74) is 2.89. The van der Waals surface area contributed by atoms with E-state index in [0.29, 0.717) is 6.04 Å². The molecule has 0 saturated heterocycles. The quantitative estimate of drug-likeness (QED) is 0.663. The average Bonchev–Trinajstić information content (AvgIpc) is 2.88. The van der Waals surface area contributed by atoms with E-state index in [9.17, 15) is 0 Å². The largest absolute Gasteiger partial charge is 0.314 e. The first-order valence-electron chi connectivity index (χ1n) is 7.71. The molecular formula is C18H24BrNS. The Morgan fingerprint density at radius 1 is 1.19 bits per heavy atom. The summed E-state index contributed by atoms with van der Waals surface area (Å²) in [5, 5.41) is 3.71. The molecule has 1 aromatic heterocycles. The van der Waals surface area contributed by atoms with Crippen molar-refractivity contribution in [2.75, 3.05) is 6.54 Å². The van der Waals surface area contributed by atoms with Gasteiger partial charge in [0.25, 0.3) is 0 Å². The second-order valence-electron chi connectivity index (χ2n) is 5.53. The lowest BCUT2D eigenvalue weighted by atomic mass is 9.99. The van der Waals surface area contributed by atoms with Gasteiger partial charge in [-0.1, -0.05) is 31.2 Å². The average molecular weight is 366 g/mol. The standard InChI is InChI=1S/C18H24BrNS/c1-3-12-20-16(13-17-10-11-18(19)21-17)9-8-15-7-5-4-6-14(15)2/h4-7,10-11,16,20H,3,8-9,12-13H2,1-2H3. The molecule has 1 atom stereocenters. The van der Waals surface area contributed by atoms with E-state index >= 15 is 0 Å². The smallest absolute Gasteiger partial charge is 0.0701 e. The highest BCUT2D eigenvalue weighted by Crippen LogP contribution is 2.24. The first-order chi connectivity index (χ1) is 10.2. The molecule has 2 aromatic rings. The number of benzene rings is 1. The summed E-state index contributed by atoms with van der Waals surface area (Å²) < 4.78 is 1.23. The Hall–Kier alpha value is -0.640. The van der Waals surface area contributed by atoms with Crippen LogP contribution in [-0.2, 0) is 12.8 Å². The highest BCUT2D eigenvalue weighted by molar-refractivity contribution is 9.11. The van der Waals surface area contributed by atoms with Gasteiger partial charge < -0.3 is 5.32 Å². The van der Waals surface area contributed by atoms with Gasteiger partial charge in [0.15, 0.2) is 0 Å². The van der Waals surface area contributed by atoms with Gasteiger partial charge in [-0.2, -0.15) is 0 Å². The minimum Gasteiger partial charge on any atom is -0.314 e. The highest BCUT2D eigenvalue weighted by atomic mass is 79.9. The zero-order chi connectivity index (χ0) is 15.1. The zero-order valence-electron chi connectivity index (χ0n) is 12.9. The molecule has 1 aromatic carbocycles. The molecule has 0 radical (unpaired) electrons. The molecular weight excluding hydrogens is 342 g/mol. The Morgan fingerprint density at radius 3 is 2.67 bits per heavy atom. The summed E-state index contributed by atoms with van der Waals surface area (Å²) in [6.45, 7) is 5.54. The maximum atomic E-state index is 3.71. The summed E-state index contributed by atoms with van der Waals surface area (Å²) in [7, 11) is 0. The molecule has 1 unspecified atom stereocenters. The molecule has 3 heteroatoms. The van der Waals surface area contributed by atoms with Crippen LogP contribution in [0.4, 0.5) is 0 Å². The maximum Gasteiger partial charge on any atom is 0.0701 e. The molecule has 0 aliphatic heterocycles. The molecule has 114 valence electrons. The third kappa shape index (κ3) is 5.57. The number of halogens is 1. The first kappa shape index (κ1) is 16.7. The van der Waals surface area contributed by atoms with Crippen LogP contribution in [0.15, 0.2) is 40.2 Å². The number of aryl methyl sites for hydroxylation is 2. The first-order valence-corrected chi connectivity index (χ1v) is 9.32. The molecule has 1 N–H and O–H groups in total. The maximum absolute atomic E-state index is 3.71. The second-order valence-corrected chi connectivity index (χ2v) is 8.07. The minimum absolute atomic E-state index is 0.565. The topological polar surface area (TPSA) is 12.0 Å². The van der Waals surface area contributed by atoms with Crippen molar-refractivity contribution in [3.63, 3.8) is 0 Å². The number of hydrogen-bond acceptors (Lipinski definition) is 2. The summed E-state index contributed by atoms with van der Waals surface area (Å²) in [6, 6.07) is 13.7. The van der Waals surface area contributed by atoms with Crippen molar-refractivity contribution < 1.29 is 0 Å². The van der Waals surface area contributed by atoms with E-state index < -0.39 is 0 Å². The SMILES string of the molecule is CCCNC(CCc1ccccc1C)Cc1ccc(Br)s1. The highest BCUT2D eigenvalue weighted by Gasteiger charge is 2.11. The Labute approximate surface area is 140 Å². The van der Waals surface area contributed by atoms with Crippen molar-refractivity contribution in [3.05, 3.63) is 56.2 Å². The molecule has 0 saturated carbocycles. The van der Waals surface area contributed by atoms with Gasteiger partial charge in [0, 0.05) is 10.9 Å². The molecule has 1 heterocycles. The summed E-state index contributed by atoms with van der Waals surface area (Å²) in [4.78, 5) is 1.46. The van der Waals surface area contributed by atoms with Gasteiger partial charge >= 0.3 is 0 Å². The van der Waals surface area contributed by atoms with Crippen molar-refractivity contribution >= 4 is 27.3 Å². The van der Waals surface area contributed by atoms with E-state index in [1.165, 1.54) is 32.6 Å². The number of hydrogen-bond donors (Lipinski definition) is 1. The summed E-state index contributed by atoms with van der Waals surface area (Å²) >= 11 is 5.41. The molecule has 0 spiro atoms. The summed E-state index contributed by atoms with van der Waals surface area (Å²) in [6.07, 6.45) is 4.66. The molecule has 0 bridgehead atoms. The van der Waals surface area contributed by atoms with Crippen LogP contribution in [0.3, 0.4) is 0 Å². The minimum atomic E-state index is 0.565. The fourth-order valence-corrected chi connectivity index (χ4v) is 4.11. The second kappa shape index (κ2) is 8.72. The third-order valence-electron chi connectivity index (χ3n) is 3.78. The van der Waals surface area contributed by atoms with Gasteiger partial charge in [0.1, 0.15) is 0 Å². The molecule has 21 heavy (non-hydrogen) atoms. The molecule has 0 aliphatic carbocycles. The zero-order valence-corrected chi connectivity index (χ0v) is 15.3. The van der Waals surface area contributed by atoms with Crippen molar-refractivity contribution in [1.29, 1.82) is 0 Å². The van der Waals surface area contributed by atoms with E-state index in [-0.39, 0.29) is 0 Å². The Morgan fingerprint density at radius 2 is 2.00 bits per heavy atom. The predicted molar refractivity (Wildman–Crippen MR) is 97.3 cm³/mol. The molecule has 2 rings (SSSR count). The van der Waals surface area contributed by atoms with Crippen molar-refractivity contribution in [2.24, 2.45) is 0 Å². The van der Waals surface area contributed by atoms with Crippen molar-refractivity contribution in [1.82, 2.24) is 5.32 Å². The van der Waals surface area contributed by atoms with Gasteiger partial charge in [-0.25, -0.2) is 0 Å². The van der Waals surface area contributed by atoms with Gasteiger partial charge in [0.05, 0.1) is 3.79 Å². The van der Waals surface area contributed by atoms with Crippen LogP contribution >= 0.6 is 27.3 Å². The lowest BCUT2D eigenvalue weighted by molar-refractivity contribution is 0.479. The van der Waals surface area contributed by atoms with Crippen LogP contribution in [-0.4, -0.2) is 12.6 Å². The lowest BCUT2D eigenvalue weighted by Crippen LogP contribution is -2.32. The van der Waals surface area contributed by atoms with Gasteiger partial charge in [-0.3, -0.25) is 0 Å². The van der Waals surface area contributed by atoms with E-state index in [1.807, 2.05) is 11.3 Å². The Kier molecular flexibility index (Phi) is 6.94. The fourth-order valence-electron chi connectivity index (χ4n) is 2.55. The molecule has 0 aliphatic rings. The van der Waals surface area contributed by atoms with E-state index in [0.717, 1.165) is 19.4 Å². The van der Waals surface area contributed by atoms with Crippen LogP contribution in [0, 0.1) is 6.92 Å². The number of nitrogens with one attached hydrogen (secondary N) is 1. The van der Waals surface area contributed by atoms with Crippen LogP contribution in [0.25, 0.3) is 0 Å². The molecule has 0 fully saturated rings. The lowest BCUT2D eigenvalue weighted by Gasteiger charge is -2.18.